The van der Waals surface area contributed by atoms with E-state index in [9.17, 15) is 4.79 Å². The second-order valence-electron chi connectivity index (χ2n) is 4.20. The third kappa shape index (κ3) is 3.27. The van der Waals surface area contributed by atoms with Gasteiger partial charge in [0.25, 0.3) is 0 Å². The van der Waals surface area contributed by atoms with Gasteiger partial charge in [0.15, 0.2) is 0 Å². The summed E-state index contributed by atoms with van der Waals surface area (Å²) in [6, 6.07) is 0. The summed E-state index contributed by atoms with van der Waals surface area (Å²) in [6.07, 6.45) is 1.49. The minimum Gasteiger partial charge on any atom is -0.364 e. The summed E-state index contributed by atoms with van der Waals surface area (Å²) in [4.78, 5) is 11.5. The van der Waals surface area contributed by atoms with E-state index >= 15 is 0 Å². The van der Waals surface area contributed by atoms with Gasteiger partial charge in [-0.15, -0.1) is 0 Å². The number of carbonyl (C=O) groups excluding carboxylic acids is 1. The summed E-state index contributed by atoms with van der Waals surface area (Å²) in [5, 5.41) is 2.86. The van der Waals surface area contributed by atoms with E-state index in [0.717, 1.165) is 12.8 Å². The predicted molar refractivity (Wildman–Crippen MR) is 54.8 cm³/mol. The summed E-state index contributed by atoms with van der Waals surface area (Å²) in [6.45, 7) is 5.36. The summed E-state index contributed by atoms with van der Waals surface area (Å²) in [7, 11) is 0. The van der Waals surface area contributed by atoms with E-state index < -0.39 is 0 Å². The van der Waals surface area contributed by atoms with Crippen LogP contribution in [-0.2, 0) is 9.53 Å². The van der Waals surface area contributed by atoms with E-state index in [1.807, 2.05) is 0 Å². The van der Waals surface area contributed by atoms with Crippen LogP contribution in [0.1, 0.15) is 26.7 Å². The van der Waals surface area contributed by atoms with Gasteiger partial charge in [0, 0.05) is 13.1 Å². The Bertz CT molecular complexity index is 195. The van der Waals surface area contributed by atoms with Gasteiger partial charge >= 0.3 is 0 Å². The average Bonchev–Trinajstić information content (AvgIpc) is 2.62. The van der Waals surface area contributed by atoms with Crippen LogP contribution in [0.2, 0.25) is 0 Å². The topological polar surface area (TPSA) is 64.4 Å². The molecule has 0 saturated carbocycles. The second-order valence-corrected chi connectivity index (χ2v) is 4.20. The maximum absolute atomic E-state index is 11.5. The molecule has 0 bridgehead atoms. The zero-order valence-corrected chi connectivity index (χ0v) is 8.95. The zero-order valence-electron chi connectivity index (χ0n) is 8.95. The average molecular weight is 200 g/mol. The molecule has 4 nitrogen and oxygen atoms in total. The first-order chi connectivity index (χ1) is 6.63. The molecule has 0 aromatic carbocycles. The van der Waals surface area contributed by atoms with Crippen LogP contribution in [0.5, 0.6) is 0 Å². The second kappa shape index (κ2) is 5.32. The van der Waals surface area contributed by atoms with Crippen LogP contribution in [0.4, 0.5) is 0 Å². The molecule has 1 saturated heterocycles. The molecule has 3 N–H and O–H groups in total. The Kier molecular flexibility index (Phi) is 4.35. The molecule has 1 aliphatic rings. The predicted octanol–water partition coefficient (Wildman–Crippen LogP) is 0.265. The first-order valence-corrected chi connectivity index (χ1v) is 5.26. The van der Waals surface area contributed by atoms with Crippen LogP contribution in [0.3, 0.4) is 0 Å². The Morgan fingerprint density at radius 3 is 2.79 bits per heavy atom. The lowest BCUT2D eigenvalue weighted by Crippen LogP contribution is -2.37. The maximum atomic E-state index is 11.5. The quantitative estimate of drug-likeness (QED) is 0.684. The zero-order chi connectivity index (χ0) is 10.6. The third-order valence-electron chi connectivity index (χ3n) is 2.35. The smallest absolute Gasteiger partial charge is 0.249 e. The van der Waals surface area contributed by atoms with Crippen LogP contribution < -0.4 is 11.1 Å². The van der Waals surface area contributed by atoms with Crippen LogP contribution in [0.15, 0.2) is 0 Å². The van der Waals surface area contributed by atoms with Gasteiger partial charge < -0.3 is 15.8 Å². The minimum atomic E-state index is -0.276. The number of carbonyl (C=O) groups is 1. The molecule has 1 rings (SSSR count). The van der Waals surface area contributed by atoms with Crippen LogP contribution in [0, 0.1) is 5.92 Å². The molecule has 0 unspecified atom stereocenters. The van der Waals surface area contributed by atoms with Crippen LogP contribution >= 0.6 is 0 Å². The van der Waals surface area contributed by atoms with Gasteiger partial charge in [0.05, 0.1) is 6.10 Å². The fourth-order valence-corrected chi connectivity index (χ4v) is 1.49. The number of rotatable bonds is 4. The fraction of sp³-hybridized carbons (Fsp3) is 0.900. The molecule has 4 heteroatoms. The van der Waals surface area contributed by atoms with E-state index in [4.69, 9.17) is 10.5 Å². The van der Waals surface area contributed by atoms with Gasteiger partial charge in [-0.05, 0) is 18.8 Å². The molecule has 1 heterocycles. The molecule has 0 radical (unpaired) electrons. The van der Waals surface area contributed by atoms with Crippen molar-refractivity contribution < 1.29 is 9.53 Å². The first-order valence-electron chi connectivity index (χ1n) is 5.26. The number of nitrogens with one attached hydrogen (secondary N) is 1. The van der Waals surface area contributed by atoms with E-state index in [-0.39, 0.29) is 18.1 Å². The van der Waals surface area contributed by atoms with Gasteiger partial charge in [0.2, 0.25) is 5.91 Å². The van der Waals surface area contributed by atoms with Crippen molar-refractivity contribution in [2.75, 3.05) is 13.1 Å². The van der Waals surface area contributed by atoms with Crippen molar-refractivity contribution in [3.8, 4) is 0 Å². The SMILES string of the molecule is CC(C)CNC(=O)[C@@H]1CC[C@H](CN)O1. The number of nitrogens with two attached hydrogens (primary N) is 1. The number of ether oxygens (including phenoxy) is 1. The molecule has 1 aliphatic heterocycles. The Hall–Kier alpha value is -0.610. The summed E-state index contributed by atoms with van der Waals surface area (Å²) in [5.74, 6) is 0.486. The van der Waals surface area contributed by atoms with Crippen molar-refractivity contribution in [3.05, 3.63) is 0 Å². The molecular formula is C10H20N2O2. The number of hydrogen-bond acceptors (Lipinski definition) is 3. The highest BCUT2D eigenvalue weighted by molar-refractivity contribution is 5.80. The largest absolute Gasteiger partial charge is 0.364 e. The van der Waals surface area contributed by atoms with Crippen molar-refractivity contribution in [3.63, 3.8) is 0 Å². The first kappa shape index (κ1) is 11.5. The lowest BCUT2D eigenvalue weighted by atomic mass is 10.2. The highest BCUT2D eigenvalue weighted by Crippen LogP contribution is 2.18. The molecule has 14 heavy (non-hydrogen) atoms. The van der Waals surface area contributed by atoms with E-state index in [1.165, 1.54) is 0 Å². The van der Waals surface area contributed by atoms with Gasteiger partial charge in [-0.25, -0.2) is 0 Å². The molecule has 1 amide bonds. The summed E-state index contributed by atoms with van der Waals surface area (Å²) < 4.78 is 5.47. The van der Waals surface area contributed by atoms with Crippen molar-refractivity contribution >= 4 is 5.91 Å². The van der Waals surface area contributed by atoms with E-state index in [2.05, 4.69) is 19.2 Å². The van der Waals surface area contributed by atoms with Crippen molar-refractivity contribution in [1.29, 1.82) is 0 Å². The fourth-order valence-electron chi connectivity index (χ4n) is 1.49. The lowest BCUT2D eigenvalue weighted by molar-refractivity contribution is -0.131. The molecule has 82 valence electrons. The van der Waals surface area contributed by atoms with Crippen LogP contribution in [0.25, 0.3) is 0 Å². The van der Waals surface area contributed by atoms with Gasteiger partial charge in [-0.2, -0.15) is 0 Å². The molecule has 0 spiro atoms. The molecule has 0 aliphatic carbocycles. The molecule has 0 aromatic rings. The van der Waals surface area contributed by atoms with Gasteiger partial charge in [-0.3, -0.25) is 4.79 Å². The van der Waals surface area contributed by atoms with Crippen molar-refractivity contribution in [2.24, 2.45) is 11.7 Å². The van der Waals surface area contributed by atoms with Gasteiger partial charge in [0.1, 0.15) is 6.10 Å². The minimum absolute atomic E-state index is 0.00894. The Morgan fingerprint density at radius 2 is 2.29 bits per heavy atom. The van der Waals surface area contributed by atoms with E-state index in [1.54, 1.807) is 0 Å². The Balaban J connectivity index is 2.25. The summed E-state index contributed by atoms with van der Waals surface area (Å²) in [5.41, 5.74) is 5.46. The normalized spacial score (nSPS) is 26.9. The molecular weight excluding hydrogens is 180 g/mol. The third-order valence-corrected chi connectivity index (χ3v) is 2.35. The standard InChI is InChI=1S/C10H20N2O2/c1-7(2)6-12-10(13)9-4-3-8(5-11)14-9/h7-9H,3-6,11H2,1-2H3,(H,12,13)/t8-,9+/m1/s1. The number of hydrogen-bond donors (Lipinski definition) is 2. The highest BCUT2D eigenvalue weighted by atomic mass is 16.5. The van der Waals surface area contributed by atoms with Crippen molar-refractivity contribution in [2.45, 2.75) is 38.9 Å². The Labute approximate surface area is 85.2 Å². The highest BCUT2D eigenvalue weighted by Gasteiger charge is 2.29. The lowest BCUT2D eigenvalue weighted by Gasteiger charge is -2.13. The molecule has 1 fully saturated rings. The van der Waals surface area contributed by atoms with Gasteiger partial charge in [-0.1, -0.05) is 13.8 Å². The number of amides is 1. The van der Waals surface area contributed by atoms with Crippen LogP contribution in [-0.4, -0.2) is 31.2 Å². The van der Waals surface area contributed by atoms with Crippen molar-refractivity contribution in [1.82, 2.24) is 5.32 Å². The molecule has 2 atom stereocenters. The molecule has 0 aromatic heterocycles. The summed E-state index contributed by atoms with van der Waals surface area (Å²) >= 11 is 0. The Morgan fingerprint density at radius 1 is 1.57 bits per heavy atom. The monoisotopic (exact) mass is 200 g/mol. The van der Waals surface area contributed by atoms with E-state index in [0.29, 0.717) is 19.0 Å². The maximum Gasteiger partial charge on any atom is 0.249 e.